The van der Waals surface area contributed by atoms with E-state index in [-0.39, 0.29) is 0 Å². The maximum absolute atomic E-state index is 6.06. The van der Waals surface area contributed by atoms with E-state index in [0.717, 1.165) is 33.4 Å². The smallest absolute Gasteiger partial charge is 0.156 e. The number of nitrogens with one attached hydrogen (secondary N) is 1. The molecule has 2 aromatic heterocycles. The minimum Gasteiger partial charge on any atom is -0.455 e. The SMILES string of the molecule is CNCc1ccccc1Oc1ccnc2cc(Br)cnc12. The second-order valence-electron chi connectivity index (χ2n) is 4.57. The molecular formula is C16H14BrN3O. The average Bonchev–Trinajstić information content (AvgIpc) is 2.49. The lowest BCUT2D eigenvalue weighted by Gasteiger charge is -2.12. The van der Waals surface area contributed by atoms with Crippen LogP contribution in [-0.4, -0.2) is 17.0 Å². The van der Waals surface area contributed by atoms with Crippen LogP contribution in [0.25, 0.3) is 11.0 Å². The molecule has 0 spiro atoms. The van der Waals surface area contributed by atoms with E-state index in [1.165, 1.54) is 0 Å². The van der Waals surface area contributed by atoms with Gasteiger partial charge in [-0.05, 0) is 35.1 Å². The number of ether oxygens (including phenoxy) is 1. The topological polar surface area (TPSA) is 47.0 Å². The van der Waals surface area contributed by atoms with Gasteiger partial charge in [-0.3, -0.25) is 4.98 Å². The molecule has 0 saturated heterocycles. The van der Waals surface area contributed by atoms with Gasteiger partial charge in [-0.2, -0.15) is 0 Å². The number of benzene rings is 1. The first-order valence-electron chi connectivity index (χ1n) is 6.58. The fraction of sp³-hybridized carbons (Fsp3) is 0.125. The third kappa shape index (κ3) is 3.04. The van der Waals surface area contributed by atoms with Gasteiger partial charge < -0.3 is 10.1 Å². The molecule has 0 unspecified atom stereocenters. The van der Waals surface area contributed by atoms with E-state index in [9.17, 15) is 0 Å². The molecule has 106 valence electrons. The molecular weight excluding hydrogens is 330 g/mol. The van der Waals surface area contributed by atoms with Crippen LogP contribution in [0.1, 0.15) is 5.56 Å². The molecule has 0 atom stereocenters. The third-order valence-electron chi connectivity index (χ3n) is 3.07. The first-order valence-corrected chi connectivity index (χ1v) is 7.38. The lowest BCUT2D eigenvalue weighted by Crippen LogP contribution is -2.06. The van der Waals surface area contributed by atoms with Crippen LogP contribution in [0.5, 0.6) is 11.5 Å². The normalized spacial score (nSPS) is 10.8. The summed E-state index contributed by atoms with van der Waals surface area (Å²) in [4.78, 5) is 8.72. The number of fused-ring (bicyclic) bond motifs is 1. The standard InChI is InChI=1S/C16H14BrN3O/c1-18-9-11-4-2-3-5-14(11)21-15-6-7-19-13-8-12(17)10-20-16(13)15/h2-8,10,18H,9H2,1H3. The Kier molecular flexibility index (Phi) is 4.13. The molecule has 5 heteroatoms. The molecule has 0 aliphatic rings. The zero-order valence-corrected chi connectivity index (χ0v) is 13.1. The summed E-state index contributed by atoms with van der Waals surface area (Å²) >= 11 is 3.40. The Morgan fingerprint density at radius 1 is 1.14 bits per heavy atom. The second-order valence-corrected chi connectivity index (χ2v) is 5.49. The third-order valence-corrected chi connectivity index (χ3v) is 3.50. The summed E-state index contributed by atoms with van der Waals surface area (Å²) < 4.78 is 6.96. The molecule has 0 radical (unpaired) electrons. The number of pyridine rings is 2. The van der Waals surface area contributed by atoms with Crippen LogP contribution >= 0.6 is 15.9 Å². The molecule has 0 aliphatic heterocycles. The van der Waals surface area contributed by atoms with Crippen molar-refractivity contribution < 1.29 is 4.74 Å². The Hall–Kier alpha value is -1.98. The van der Waals surface area contributed by atoms with Gasteiger partial charge in [0.05, 0.1) is 5.52 Å². The molecule has 0 fully saturated rings. The lowest BCUT2D eigenvalue weighted by atomic mass is 10.2. The van der Waals surface area contributed by atoms with Gasteiger partial charge in [0.25, 0.3) is 0 Å². The molecule has 0 amide bonds. The van der Waals surface area contributed by atoms with Crippen molar-refractivity contribution in [2.24, 2.45) is 0 Å². The molecule has 21 heavy (non-hydrogen) atoms. The number of rotatable bonds is 4. The zero-order chi connectivity index (χ0) is 14.7. The Morgan fingerprint density at radius 2 is 2.00 bits per heavy atom. The van der Waals surface area contributed by atoms with Crippen LogP contribution in [0.3, 0.4) is 0 Å². The van der Waals surface area contributed by atoms with E-state index >= 15 is 0 Å². The number of nitrogens with zero attached hydrogens (tertiary/aromatic N) is 2. The minimum absolute atomic E-state index is 0.705. The number of hydrogen-bond donors (Lipinski definition) is 1. The molecule has 1 aromatic carbocycles. The maximum atomic E-state index is 6.06. The van der Waals surface area contributed by atoms with Gasteiger partial charge in [0.15, 0.2) is 5.75 Å². The van der Waals surface area contributed by atoms with Gasteiger partial charge in [-0.15, -0.1) is 0 Å². The van der Waals surface area contributed by atoms with E-state index in [0.29, 0.717) is 5.75 Å². The Labute approximate surface area is 131 Å². The predicted octanol–water partition coefficient (Wildman–Crippen LogP) is 3.90. The summed E-state index contributed by atoms with van der Waals surface area (Å²) in [7, 11) is 1.91. The summed E-state index contributed by atoms with van der Waals surface area (Å²) in [5, 5.41) is 3.14. The van der Waals surface area contributed by atoms with Gasteiger partial charge in [0.1, 0.15) is 11.3 Å². The molecule has 3 aromatic rings. The van der Waals surface area contributed by atoms with E-state index in [1.54, 1.807) is 12.4 Å². The van der Waals surface area contributed by atoms with E-state index in [1.807, 2.05) is 43.4 Å². The Morgan fingerprint density at radius 3 is 2.86 bits per heavy atom. The van der Waals surface area contributed by atoms with Crippen molar-refractivity contribution in [1.29, 1.82) is 0 Å². The zero-order valence-electron chi connectivity index (χ0n) is 11.5. The molecule has 0 saturated carbocycles. The second kappa shape index (κ2) is 6.20. The summed E-state index contributed by atoms with van der Waals surface area (Å²) in [5.41, 5.74) is 2.65. The van der Waals surface area contributed by atoms with Crippen molar-refractivity contribution in [3.8, 4) is 11.5 Å². The van der Waals surface area contributed by atoms with Crippen molar-refractivity contribution in [3.05, 3.63) is 58.8 Å². The highest BCUT2D eigenvalue weighted by Gasteiger charge is 2.09. The number of halogens is 1. The minimum atomic E-state index is 0.705. The first-order chi connectivity index (χ1) is 10.3. The van der Waals surface area contributed by atoms with Crippen molar-refractivity contribution >= 4 is 27.0 Å². The van der Waals surface area contributed by atoms with Crippen LogP contribution < -0.4 is 10.1 Å². The van der Waals surface area contributed by atoms with Crippen molar-refractivity contribution in [1.82, 2.24) is 15.3 Å². The highest BCUT2D eigenvalue weighted by Crippen LogP contribution is 2.30. The van der Waals surface area contributed by atoms with E-state index in [2.05, 4.69) is 31.2 Å². The molecule has 0 bridgehead atoms. The lowest BCUT2D eigenvalue weighted by molar-refractivity contribution is 0.478. The molecule has 1 N–H and O–H groups in total. The Balaban J connectivity index is 2.02. The summed E-state index contributed by atoms with van der Waals surface area (Å²) in [6.45, 7) is 0.748. The van der Waals surface area contributed by atoms with E-state index < -0.39 is 0 Å². The molecule has 4 nitrogen and oxygen atoms in total. The molecule has 0 aliphatic carbocycles. The number of para-hydroxylation sites is 1. The fourth-order valence-electron chi connectivity index (χ4n) is 2.12. The van der Waals surface area contributed by atoms with Crippen molar-refractivity contribution in [3.63, 3.8) is 0 Å². The van der Waals surface area contributed by atoms with Gasteiger partial charge in [0, 0.05) is 35.0 Å². The van der Waals surface area contributed by atoms with Gasteiger partial charge in [0.2, 0.25) is 0 Å². The monoisotopic (exact) mass is 343 g/mol. The van der Waals surface area contributed by atoms with Gasteiger partial charge >= 0.3 is 0 Å². The van der Waals surface area contributed by atoms with Crippen LogP contribution in [0.2, 0.25) is 0 Å². The van der Waals surface area contributed by atoms with Crippen LogP contribution in [0.15, 0.2) is 53.3 Å². The van der Waals surface area contributed by atoms with Crippen LogP contribution in [0.4, 0.5) is 0 Å². The highest BCUT2D eigenvalue weighted by molar-refractivity contribution is 9.10. The quantitative estimate of drug-likeness (QED) is 0.780. The summed E-state index contributed by atoms with van der Waals surface area (Å²) in [6, 6.07) is 11.7. The van der Waals surface area contributed by atoms with E-state index in [4.69, 9.17) is 4.74 Å². The molecule has 2 heterocycles. The van der Waals surface area contributed by atoms with Crippen molar-refractivity contribution in [2.75, 3.05) is 7.05 Å². The first kappa shape index (κ1) is 14.0. The molecule has 3 rings (SSSR count). The summed E-state index contributed by atoms with van der Waals surface area (Å²) in [5.74, 6) is 1.53. The Bertz CT molecular complexity index is 776. The number of aromatic nitrogens is 2. The summed E-state index contributed by atoms with van der Waals surface area (Å²) in [6.07, 6.45) is 3.48. The largest absolute Gasteiger partial charge is 0.455 e. The average molecular weight is 344 g/mol. The fourth-order valence-corrected chi connectivity index (χ4v) is 2.44. The van der Waals surface area contributed by atoms with Crippen LogP contribution in [0, 0.1) is 0 Å². The number of hydrogen-bond acceptors (Lipinski definition) is 4. The van der Waals surface area contributed by atoms with Crippen LogP contribution in [-0.2, 0) is 6.54 Å². The maximum Gasteiger partial charge on any atom is 0.156 e. The van der Waals surface area contributed by atoms with Gasteiger partial charge in [-0.25, -0.2) is 4.98 Å². The highest BCUT2D eigenvalue weighted by atomic mass is 79.9. The van der Waals surface area contributed by atoms with Gasteiger partial charge in [-0.1, -0.05) is 18.2 Å². The van der Waals surface area contributed by atoms with Crippen molar-refractivity contribution in [2.45, 2.75) is 6.54 Å². The predicted molar refractivity (Wildman–Crippen MR) is 86.5 cm³/mol.